The van der Waals surface area contributed by atoms with Gasteiger partial charge in [0.05, 0.1) is 17.1 Å². The molecule has 194 valence electrons. The van der Waals surface area contributed by atoms with Gasteiger partial charge in [0.2, 0.25) is 5.91 Å². The number of carbonyl (C=O) groups is 2. The van der Waals surface area contributed by atoms with Crippen molar-refractivity contribution in [2.24, 2.45) is 0 Å². The normalized spacial score (nSPS) is 14.1. The minimum Gasteiger partial charge on any atom is -0.316 e. The van der Waals surface area contributed by atoms with Crippen LogP contribution in [0.25, 0.3) is 5.69 Å². The summed E-state index contributed by atoms with van der Waals surface area (Å²) in [5, 5.41) is 3.56. The molecule has 3 amide bonds. The number of nitrogens with zero attached hydrogens (tertiary/aromatic N) is 3. The van der Waals surface area contributed by atoms with E-state index in [9.17, 15) is 9.59 Å². The fourth-order valence-electron chi connectivity index (χ4n) is 4.98. The smallest absolute Gasteiger partial charge is 0.316 e. The molecule has 38 heavy (non-hydrogen) atoms. The number of para-hydroxylation sites is 2. The summed E-state index contributed by atoms with van der Waals surface area (Å²) in [6.07, 6.45) is 2.93. The number of aromatic nitrogens is 1. The zero-order valence-electron chi connectivity index (χ0n) is 21.8. The lowest BCUT2D eigenvalue weighted by Gasteiger charge is -2.40. The minimum absolute atomic E-state index is 0.0807. The van der Waals surface area contributed by atoms with E-state index in [1.54, 1.807) is 9.80 Å². The summed E-state index contributed by atoms with van der Waals surface area (Å²) < 4.78 is 2.11. The van der Waals surface area contributed by atoms with Gasteiger partial charge in [0.15, 0.2) is 0 Å². The van der Waals surface area contributed by atoms with Gasteiger partial charge in [-0.25, -0.2) is 4.79 Å². The molecule has 2 heterocycles. The molecule has 0 radical (unpaired) electrons. The van der Waals surface area contributed by atoms with Gasteiger partial charge in [0.1, 0.15) is 12.6 Å². The Morgan fingerprint density at radius 3 is 2.37 bits per heavy atom. The number of anilines is 2. The molecular formula is C31H31ClN4O2. The highest BCUT2D eigenvalue weighted by Gasteiger charge is 2.37. The first-order chi connectivity index (χ1) is 18.4. The van der Waals surface area contributed by atoms with Gasteiger partial charge in [-0.1, -0.05) is 54.9 Å². The lowest BCUT2D eigenvalue weighted by atomic mass is 9.97. The Morgan fingerprint density at radius 1 is 0.947 bits per heavy atom. The molecule has 1 N–H and O–H groups in total. The van der Waals surface area contributed by atoms with E-state index in [2.05, 4.69) is 16.8 Å². The molecule has 6 nitrogen and oxygen atoms in total. The fourth-order valence-corrected chi connectivity index (χ4v) is 5.18. The predicted molar refractivity (Wildman–Crippen MR) is 153 cm³/mol. The molecule has 0 fully saturated rings. The number of benzene rings is 3. The van der Waals surface area contributed by atoms with Crippen molar-refractivity contribution >= 4 is 34.9 Å². The maximum absolute atomic E-state index is 14.2. The van der Waals surface area contributed by atoms with Crippen molar-refractivity contribution in [3.05, 3.63) is 113 Å². The number of carbonyl (C=O) groups excluding carboxylic acids is 2. The van der Waals surface area contributed by atoms with Crippen molar-refractivity contribution in [3.63, 3.8) is 0 Å². The van der Waals surface area contributed by atoms with E-state index in [-0.39, 0.29) is 24.5 Å². The van der Waals surface area contributed by atoms with Gasteiger partial charge in [0, 0.05) is 22.9 Å². The van der Waals surface area contributed by atoms with Crippen LogP contribution in [0.2, 0.25) is 5.02 Å². The number of hydrogen-bond donors (Lipinski definition) is 1. The zero-order chi connectivity index (χ0) is 26.8. The number of aryl methyl sites for hydroxylation is 1. The highest BCUT2D eigenvalue weighted by Crippen LogP contribution is 2.42. The van der Waals surface area contributed by atoms with Crippen LogP contribution < -0.4 is 10.2 Å². The van der Waals surface area contributed by atoms with Crippen LogP contribution in [0.1, 0.15) is 43.6 Å². The minimum atomic E-state index is -0.398. The molecular weight excluding hydrogens is 496 g/mol. The Labute approximate surface area is 228 Å². The maximum atomic E-state index is 14.2. The lowest BCUT2D eigenvalue weighted by molar-refractivity contribution is -0.119. The number of rotatable bonds is 6. The van der Waals surface area contributed by atoms with Crippen molar-refractivity contribution in [2.45, 2.75) is 39.3 Å². The number of hydrogen-bond acceptors (Lipinski definition) is 2. The maximum Gasteiger partial charge on any atom is 0.322 e. The summed E-state index contributed by atoms with van der Waals surface area (Å²) in [7, 11) is 0. The summed E-state index contributed by atoms with van der Waals surface area (Å²) in [5.74, 6) is -0.181. The fraction of sp³-hybridized carbons (Fsp3) is 0.226. The molecule has 0 aliphatic carbocycles. The molecule has 1 aromatic heterocycles. The van der Waals surface area contributed by atoms with Crippen LogP contribution in [0.3, 0.4) is 0 Å². The van der Waals surface area contributed by atoms with E-state index in [0.717, 1.165) is 29.1 Å². The Hall–Kier alpha value is -4.03. The van der Waals surface area contributed by atoms with Gasteiger partial charge in [-0.05, 0) is 79.9 Å². The molecule has 0 saturated carbocycles. The largest absolute Gasteiger partial charge is 0.322 e. The summed E-state index contributed by atoms with van der Waals surface area (Å²) >= 11 is 6.38. The summed E-state index contributed by atoms with van der Waals surface area (Å²) in [5.41, 5.74) is 5.44. The first kappa shape index (κ1) is 25.6. The number of urea groups is 1. The van der Waals surface area contributed by atoms with Gasteiger partial charge in [0.25, 0.3) is 0 Å². The third kappa shape index (κ3) is 4.92. The second kappa shape index (κ2) is 10.8. The molecule has 1 aliphatic heterocycles. The van der Waals surface area contributed by atoms with Crippen molar-refractivity contribution in [2.75, 3.05) is 16.8 Å². The third-order valence-corrected chi connectivity index (χ3v) is 7.19. The molecule has 3 aromatic carbocycles. The summed E-state index contributed by atoms with van der Waals surface area (Å²) in [6, 6.07) is 26.3. The molecule has 4 aromatic rings. The van der Waals surface area contributed by atoms with E-state index in [1.807, 2.05) is 105 Å². The molecule has 0 saturated heterocycles. The second-order valence-electron chi connectivity index (χ2n) is 9.72. The molecule has 5 rings (SSSR count). The van der Waals surface area contributed by atoms with E-state index in [4.69, 9.17) is 11.6 Å². The first-order valence-corrected chi connectivity index (χ1v) is 13.3. The Morgan fingerprint density at radius 2 is 1.68 bits per heavy atom. The van der Waals surface area contributed by atoms with E-state index >= 15 is 0 Å². The predicted octanol–water partition coefficient (Wildman–Crippen LogP) is 7.07. The van der Waals surface area contributed by atoms with Gasteiger partial charge >= 0.3 is 6.03 Å². The SMILES string of the molecule is CCc1ccc(NC(=O)N(CC(=O)N2c3ccccc3-n3cccc3[C@@H]2c2cccc(Cl)c2)C(C)C)cc1. The van der Waals surface area contributed by atoms with Gasteiger partial charge < -0.3 is 14.8 Å². The standard InChI is InChI=1S/C31H31ClN4O2/c1-4-22-14-16-25(17-15-22)33-31(38)35(21(2)3)20-29(37)36-27-12-6-5-11-26(27)34-18-8-13-28(34)30(36)23-9-7-10-24(32)19-23/h5-19,21,30H,4,20H2,1-3H3,(H,33,38)/t30-/m0/s1. The molecule has 0 bridgehead atoms. The quantitative estimate of drug-likeness (QED) is 0.292. The number of halogens is 1. The Balaban J connectivity index is 1.49. The van der Waals surface area contributed by atoms with Crippen molar-refractivity contribution in [1.82, 2.24) is 9.47 Å². The summed E-state index contributed by atoms with van der Waals surface area (Å²) in [4.78, 5) is 30.9. The van der Waals surface area contributed by atoms with Crippen LogP contribution in [-0.4, -0.2) is 34.0 Å². The topological polar surface area (TPSA) is 57.6 Å². The van der Waals surface area contributed by atoms with Crippen LogP contribution in [-0.2, 0) is 11.2 Å². The molecule has 0 unspecified atom stereocenters. The van der Waals surface area contributed by atoms with Crippen molar-refractivity contribution in [3.8, 4) is 5.69 Å². The second-order valence-corrected chi connectivity index (χ2v) is 10.2. The molecule has 0 spiro atoms. The molecule has 1 aliphatic rings. The monoisotopic (exact) mass is 526 g/mol. The Kier molecular flexibility index (Phi) is 7.25. The number of nitrogens with one attached hydrogen (secondary N) is 1. The van der Waals surface area contributed by atoms with Crippen molar-refractivity contribution < 1.29 is 9.59 Å². The van der Waals surface area contributed by atoms with Crippen LogP contribution in [0.15, 0.2) is 91.1 Å². The third-order valence-electron chi connectivity index (χ3n) is 6.96. The number of amides is 3. The van der Waals surface area contributed by atoms with Crippen LogP contribution in [0.4, 0.5) is 16.2 Å². The highest BCUT2D eigenvalue weighted by molar-refractivity contribution is 6.30. The van der Waals surface area contributed by atoms with E-state index in [1.165, 1.54) is 5.56 Å². The highest BCUT2D eigenvalue weighted by atomic mass is 35.5. The van der Waals surface area contributed by atoms with Crippen LogP contribution in [0.5, 0.6) is 0 Å². The Bertz CT molecular complexity index is 1460. The molecule has 1 atom stereocenters. The zero-order valence-corrected chi connectivity index (χ0v) is 22.5. The van der Waals surface area contributed by atoms with Crippen LogP contribution >= 0.6 is 11.6 Å². The van der Waals surface area contributed by atoms with Crippen molar-refractivity contribution in [1.29, 1.82) is 0 Å². The average Bonchev–Trinajstić information content (AvgIpc) is 3.41. The first-order valence-electron chi connectivity index (χ1n) is 12.9. The van der Waals surface area contributed by atoms with Gasteiger partial charge in [-0.15, -0.1) is 0 Å². The average molecular weight is 527 g/mol. The summed E-state index contributed by atoms with van der Waals surface area (Å²) in [6.45, 7) is 5.84. The lowest BCUT2D eigenvalue weighted by Crippen LogP contribution is -2.49. The van der Waals surface area contributed by atoms with Crippen LogP contribution in [0, 0.1) is 0 Å². The van der Waals surface area contributed by atoms with Gasteiger partial charge in [-0.3, -0.25) is 9.69 Å². The number of fused-ring (bicyclic) bond motifs is 3. The van der Waals surface area contributed by atoms with Gasteiger partial charge in [-0.2, -0.15) is 0 Å². The van der Waals surface area contributed by atoms with E-state index < -0.39 is 6.04 Å². The van der Waals surface area contributed by atoms with E-state index in [0.29, 0.717) is 10.7 Å². The molecule has 7 heteroatoms.